The normalized spacial score (nSPS) is 17.2. The molecule has 0 atom stereocenters. The van der Waals surface area contributed by atoms with Crippen LogP contribution in [0, 0.1) is 0 Å². The summed E-state index contributed by atoms with van der Waals surface area (Å²) in [6, 6.07) is 6.85. The minimum Gasteiger partial charge on any atom is -0.346 e. The molecule has 0 unspecified atom stereocenters. The molecule has 0 radical (unpaired) electrons. The van der Waals surface area contributed by atoms with Crippen LogP contribution in [-0.4, -0.2) is 26.8 Å². The lowest BCUT2D eigenvalue weighted by Crippen LogP contribution is -2.13. The van der Waals surface area contributed by atoms with Gasteiger partial charge in [-0.15, -0.1) is 11.6 Å². The zero-order valence-electron chi connectivity index (χ0n) is 8.93. The van der Waals surface area contributed by atoms with Gasteiger partial charge in [0.25, 0.3) is 0 Å². The number of rotatable bonds is 4. The summed E-state index contributed by atoms with van der Waals surface area (Å²) in [5, 5.41) is -0.479. The largest absolute Gasteiger partial charge is 0.346 e. The molecule has 0 aromatic heterocycles. The van der Waals surface area contributed by atoms with Crippen LogP contribution >= 0.6 is 11.6 Å². The van der Waals surface area contributed by atoms with E-state index in [0.717, 1.165) is 5.56 Å². The van der Waals surface area contributed by atoms with Gasteiger partial charge in [0.05, 0.1) is 13.2 Å². The molecule has 7 heteroatoms. The highest BCUT2D eigenvalue weighted by Crippen LogP contribution is 2.25. The molecule has 2 rings (SSSR count). The van der Waals surface area contributed by atoms with Gasteiger partial charge in [-0.3, -0.25) is 4.72 Å². The van der Waals surface area contributed by atoms with Crippen LogP contribution in [0.5, 0.6) is 0 Å². The Morgan fingerprint density at radius 2 is 2.06 bits per heavy atom. The van der Waals surface area contributed by atoms with Crippen LogP contribution in [0.2, 0.25) is 0 Å². The van der Waals surface area contributed by atoms with E-state index in [1.165, 1.54) is 0 Å². The van der Waals surface area contributed by atoms with Crippen molar-refractivity contribution in [2.75, 3.05) is 23.1 Å². The van der Waals surface area contributed by atoms with Crippen molar-refractivity contribution in [2.24, 2.45) is 0 Å². The average molecular weight is 278 g/mol. The first-order chi connectivity index (χ1) is 8.11. The van der Waals surface area contributed by atoms with Gasteiger partial charge in [-0.2, -0.15) is 0 Å². The molecule has 0 aliphatic carbocycles. The molecule has 1 fully saturated rings. The van der Waals surface area contributed by atoms with Crippen molar-refractivity contribution < 1.29 is 17.9 Å². The van der Waals surface area contributed by atoms with Gasteiger partial charge in [0, 0.05) is 11.3 Å². The van der Waals surface area contributed by atoms with E-state index in [1.807, 2.05) is 6.07 Å². The molecule has 17 heavy (non-hydrogen) atoms. The van der Waals surface area contributed by atoms with Crippen LogP contribution in [0.1, 0.15) is 11.9 Å². The first kappa shape index (κ1) is 12.6. The quantitative estimate of drug-likeness (QED) is 0.851. The predicted octanol–water partition coefficient (Wildman–Crippen LogP) is 1.67. The van der Waals surface area contributed by atoms with Gasteiger partial charge in [-0.05, 0) is 12.1 Å². The van der Waals surface area contributed by atoms with E-state index in [1.54, 1.807) is 18.2 Å². The van der Waals surface area contributed by atoms with Gasteiger partial charge < -0.3 is 9.47 Å². The van der Waals surface area contributed by atoms with E-state index in [9.17, 15) is 8.42 Å². The maximum atomic E-state index is 11.3. The van der Waals surface area contributed by atoms with E-state index in [-0.39, 0.29) is 0 Å². The molecule has 1 heterocycles. The van der Waals surface area contributed by atoms with Gasteiger partial charge in [0.15, 0.2) is 6.29 Å². The summed E-state index contributed by atoms with van der Waals surface area (Å²) >= 11 is 5.31. The molecule has 1 aromatic rings. The monoisotopic (exact) mass is 277 g/mol. The maximum Gasteiger partial charge on any atom is 0.246 e. The molecule has 5 nitrogen and oxygen atoms in total. The number of sulfonamides is 1. The lowest BCUT2D eigenvalue weighted by atomic mass is 10.2. The van der Waals surface area contributed by atoms with Crippen molar-refractivity contribution in [3.8, 4) is 0 Å². The number of benzene rings is 1. The Balaban J connectivity index is 2.16. The molecule has 0 spiro atoms. The molecule has 0 bridgehead atoms. The van der Waals surface area contributed by atoms with Gasteiger partial charge in [0.1, 0.15) is 5.21 Å². The van der Waals surface area contributed by atoms with Crippen LogP contribution in [0.15, 0.2) is 24.3 Å². The Labute approximate surface area is 105 Å². The number of anilines is 1. The molecule has 1 aromatic carbocycles. The second kappa shape index (κ2) is 5.22. The lowest BCUT2D eigenvalue weighted by molar-refractivity contribution is -0.0440. The second-order valence-corrected chi connectivity index (χ2v) is 5.83. The summed E-state index contributed by atoms with van der Waals surface area (Å²) in [6.45, 7) is 1.09. The summed E-state index contributed by atoms with van der Waals surface area (Å²) in [5.74, 6) is 0. The maximum absolute atomic E-state index is 11.3. The van der Waals surface area contributed by atoms with Gasteiger partial charge in [-0.1, -0.05) is 12.1 Å². The average Bonchev–Trinajstić information content (AvgIpc) is 2.82. The Kier molecular flexibility index (Phi) is 3.88. The molecule has 1 aliphatic rings. The highest BCUT2D eigenvalue weighted by molar-refractivity contribution is 7.93. The Morgan fingerprint density at radius 3 is 2.71 bits per heavy atom. The summed E-state index contributed by atoms with van der Waals surface area (Å²) < 4.78 is 35.6. The first-order valence-electron chi connectivity index (χ1n) is 5.00. The van der Waals surface area contributed by atoms with E-state index in [0.29, 0.717) is 18.9 Å². The Morgan fingerprint density at radius 1 is 1.35 bits per heavy atom. The number of halogens is 1. The smallest absolute Gasteiger partial charge is 0.246 e. The van der Waals surface area contributed by atoms with Crippen molar-refractivity contribution >= 4 is 27.3 Å². The van der Waals surface area contributed by atoms with Crippen molar-refractivity contribution in [1.82, 2.24) is 0 Å². The van der Waals surface area contributed by atoms with Crippen molar-refractivity contribution in [3.05, 3.63) is 29.8 Å². The molecule has 0 amide bonds. The van der Waals surface area contributed by atoms with E-state index >= 15 is 0 Å². The minimum atomic E-state index is -3.48. The first-order valence-corrected chi connectivity index (χ1v) is 7.19. The molecular formula is C10H12ClNO4S. The number of ether oxygens (including phenoxy) is 2. The SMILES string of the molecule is O=S(=O)(CCl)Nc1cccc(C2OCCO2)c1. The standard InChI is InChI=1S/C10H12ClNO4S/c11-7-17(13,14)12-9-3-1-2-8(6-9)10-15-4-5-16-10/h1-3,6,10,12H,4-5,7H2. The summed E-state index contributed by atoms with van der Waals surface area (Å²) in [5.41, 5.74) is 1.22. The third-order valence-electron chi connectivity index (χ3n) is 2.20. The van der Waals surface area contributed by atoms with E-state index in [2.05, 4.69) is 4.72 Å². The minimum absolute atomic E-state index is 0.421. The van der Waals surface area contributed by atoms with E-state index < -0.39 is 21.5 Å². The predicted molar refractivity (Wildman–Crippen MR) is 64.3 cm³/mol. The second-order valence-electron chi connectivity index (χ2n) is 3.52. The van der Waals surface area contributed by atoms with E-state index in [4.69, 9.17) is 21.1 Å². The summed E-state index contributed by atoms with van der Waals surface area (Å²) in [6.07, 6.45) is -0.421. The third-order valence-corrected chi connectivity index (χ3v) is 3.89. The number of alkyl halides is 1. The molecular weight excluding hydrogens is 266 g/mol. The van der Waals surface area contributed by atoms with Crippen LogP contribution in [0.25, 0.3) is 0 Å². The molecule has 0 saturated carbocycles. The lowest BCUT2D eigenvalue weighted by Gasteiger charge is -2.11. The van der Waals surface area contributed by atoms with Gasteiger partial charge in [0.2, 0.25) is 10.0 Å². The fraction of sp³-hybridized carbons (Fsp3) is 0.400. The Bertz CT molecular complexity index is 485. The van der Waals surface area contributed by atoms with Crippen molar-refractivity contribution in [3.63, 3.8) is 0 Å². The topological polar surface area (TPSA) is 64.6 Å². The molecule has 1 saturated heterocycles. The number of hydrogen-bond donors (Lipinski definition) is 1. The van der Waals surface area contributed by atoms with Gasteiger partial charge in [-0.25, -0.2) is 8.42 Å². The van der Waals surface area contributed by atoms with Crippen molar-refractivity contribution in [2.45, 2.75) is 6.29 Å². The molecule has 1 N–H and O–H groups in total. The number of hydrogen-bond acceptors (Lipinski definition) is 4. The third kappa shape index (κ3) is 3.32. The summed E-state index contributed by atoms with van der Waals surface area (Å²) in [7, 11) is -3.48. The molecule has 1 aliphatic heterocycles. The fourth-order valence-electron chi connectivity index (χ4n) is 1.51. The summed E-state index contributed by atoms with van der Waals surface area (Å²) in [4.78, 5) is 0. The van der Waals surface area contributed by atoms with Crippen LogP contribution in [0.3, 0.4) is 0 Å². The Hall–Kier alpha value is -0.820. The molecule has 94 valence electrons. The highest BCUT2D eigenvalue weighted by atomic mass is 35.5. The van der Waals surface area contributed by atoms with Crippen molar-refractivity contribution in [1.29, 1.82) is 0 Å². The fourth-order valence-corrected chi connectivity index (χ4v) is 2.21. The van der Waals surface area contributed by atoms with Crippen LogP contribution < -0.4 is 4.72 Å². The van der Waals surface area contributed by atoms with Crippen LogP contribution in [-0.2, 0) is 19.5 Å². The van der Waals surface area contributed by atoms with Gasteiger partial charge >= 0.3 is 0 Å². The zero-order chi connectivity index (χ0) is 12.3. The highest BCUT2D eigenvalue weighted by Gasteiger charge is 2.18. The van der Waals surface area contributed by atoms with Crippen LogP contribution in [0.4, 0.5) is 5.69 Å². The number of nitrogens with one attached hydrogen (secondary N) is 1. The zero-order valence-corrected chi connectivity index (χ0v) is 10.5.